The molecule has 0 radical (unpaired) electrons. The molecule has 0 unspecified atom stereocenters. The van der Waals surface area contributed by atoms with E-state index in [0.717, 1.165) is 16.6 Å². The molecule has 10 heteroatoms. The Kier molecular flexibility index (Phi) is 6.52. The third-order valence-electron chi connectivity index (χ3n) is 5.54. The summed E-state index contributed by atoms with van der Waals surface area (Å²) in [6, 6.07) is 14.8. The molecule has 33 heavy (non-hydrogen) atoms. The Bertz CT molecular complexity index is 1390. The molecule has 9 nitrogen and oxygen atoms in total. The Morgan fingerprint density at radius 2 is 1.91 bits per heavy atom. The molecule has 4 rings (SSSR count). The van der Waals surface area contributed by atoms with E-state index in [4.69, 9.17) is 17.3 Å². The largest absolute Gasteiger partial charge is 0.395 e. The van der Waals surface area contributed by atoms with Crippen molar-refractivity contribution in [3.05, 3.63) is 85.8 Å². The smallest absolute Gasteiger partial charge is 0.330 e. The zero-order valence-electron chi connectivity index (χ0n) is 18.2. The quantitative estimate of drug-likeness (QED) is 0.364. The predicted molar refractivity (Wildman–Crippen MR) is 130 cm³/mol. The van der Waals surface area contributed by atoms with Gasteiger partial charge in [-0.2, -0.15) is 0 Å². The summed E-state index contributed by atoms with van der Waals surface area (Å²) in [5.74, 6) is 0.727. The third kappa shape index (κ3) is 4.50. The minimum Gasteiger partial charge on any atom is -0.395 e. The summed E-state index contributed by atoms with van der Waals surface area (Å²) in [5.41, 5.74) is 7.85. The first-order valence-electron chi connectivity index (χ1n) is 10.6. The van der Waals surface area contributed by atoms with Crippen LogP contribution < -0.4 is 21.9 Å². The maximum Gasteiger partial charge on any atom is 0.330 e. The molecule has 172 valence electrons. The van der Waals surface area contributed by atoms with Gasteiger partial charge in [-0.15, -0.1) is 0 Å². The molecule has 2 aromatic heterocycles. The van der Waals surface area contributed by atoms with Gasteiger partial charge in [-0.1, -0.05) is 41.9 Å². The van der Waals surface area contributed by atoms with Crippen molar-refractivity contribution in [3.63, 3.8) is 0 Å². The van der Waals surface area contributed by atoms with Gasteiger partial charge >= 0.3 is 5.69 Å². The number of hydrogen-bond acceptors (Lipinski definition) is 6. The van der Waals surface area contributed by atoms with Gasteiger partial charge in [-0.05, 0) is 30.7 Å². The van der Waals surface area contributed by atoms with E-state index in [1.807, 2.05) is 47.9 Å². The van der Waals surface area contributed by atoms with Gasteiger partial charge in [0.15, 0.2) is 0 Å². The molecular formula is C23H25ClN6O3. The monoisotopic (exact) mass is 468 g/mol. The number of aromatic amines is 1. The Balaban J connectivity index is 1.77. The highest BCUT2D eigenvalue weighted by molar-refractivity contribution is 6.31. The molecule has 2 aromatic carbocycles. The maximum absolute atomic E-state index is 12.8. The average Bonchev–Trinajstić information content (AvgIpc) is 3.13. The summed E-state index contributed by atoms with van der Waals surface area (Å²) >= 11 is 6.16. The van der Waals surface area contributed by atoms with Crippen LogP contribution in [0.25, 0.3) is 11.0 Å². The van der Waals surface area contributed by atoms with Crippen molar-refractivity contribution in [3.8, 4) is 0 Å². The number of nitrogens with one attached hydrogen (secondary N) is 1. The summed E-state index contributed by atoms with van der Waals surface area (Å²) < 4.78 is 3.22. The van der Waals surface area contributed by atoms with Crippen molar-refractivity contribution in [2.45, 2.75) is 26.6 Å². The standard InChI is InChI=1S/C23H25ClN6O3/c1-2-28(14-19-26-17-9-8-16(24)12-18(17)29(19)10-11-31)20-21(25)30(23(33)27-22(20)32)13-15-6-4-3-5-7-15/h3-9,12,31H,2,10-11,13-14,25H2,1H3,(H,27,32,33). The van der Waals surface area contributed by atoms with E-state index in [-0.39, 0.29) is 31.2 Å². The van der Waals surface area contributed by atoms with Crippen molar-refractivity contribution in [1.29, 1.82) is 0 Å². The molecule has 0 atom stereocenters. The van der Waals surface area contributed by atoms with E-state index in [2.05, 4.69) is 9.97 Å². The zero-order valence-corrected chi connectivity index (χ0v) is 18.9. The number of benzene rings is 2. The molecule has 2 heterocycles. The van der Waals surface area contributed by atoms with Crippen LogP contribution in [0.15, 0.2) is 58.1 Å². The highest BCUT2D eigenvalue weighted by atomic mass is 35.5. The summed E-state index contributed by atoms with van der Waals surface area (Å²) in [6.45, 7) is 3.06. The van der Waals surface area contributed by atoms with E-state index in [1.54, 1.807) is 17.0 Å². The molecule has 0 aliphatic heterocycles. The van der Waals surface area contributed by atoms with Crippen LogP contribution in [0, 0.1) is 0 Å². The summed E-state index contributed by atoms with van der Waals surface area (Å²) in [7, 11) is 0. The van der Waals surface area contributed by atoms with Crippen LogP contribution in [0.3, 0.4) is 0 Å². The van der Waals surface area contributed by atoms with E-state index in [9.17, 15) is 14.7 Å². The van der Waals surface area contributed by atoms with Crippen LogP contribution >= 0.6 is 11.6 Å². The van der Waals surface area contributed by atoms with Gasteiger partial charge in [0.2, 0.25) is 0 Å². The molecule has 4 N–H and O–H groups in total. The van der Waals surface area contributed by atoms with Gasteiger partial charge in [0.05, 0.1) is 30.7 Å². The Morgan fingerprint density at radius 1 is 1.15 bits per heavy atom. The lowest BCUT2D eigenvalue weighted by molar-refractivity contribution is 0.276. The van der Waals surface area contributed by atoms with Crippen LogP contribution in [-0.4, -0.2) is 37.4 Å². The highest BCUT2D eigenvalue weighted by Crippen LogP contribution is 2.24. The fourth-order valence-electron chi connectivity index (χ4n) is 3.94. The third-order valence-corrected chi connectivity index (χ3v) is 5.78. The van der Waals surface area contributed by atoms with Gasteiger partial charge in [0, 0.05) is 18.1 Å². The van der Waals surface area contributed by atoms with Crippen LogP contribution in [0.2, 0.25) is 5.02 Å². The number of aliphatic hydroxyl groups excluding tert-OH is 1. The summed E-state index contributed by atoms with van der Waals surface area (Å²) in [6.07, 6.45) is 0. The van der Waals surface area contributed by atoms with E-state index in [1.165, 1.54) is 4.57 Å². The number of nitrogens with zero attached hydrogens (tertiary/aromatic N) is 4. The average molecular weight is 469 g/mol. The Labute approximate surface area is 194 Å². The Hall–Kier alpha value is -3.56. The number of anilines is 2. The topological polar surface area (TPSA) is 122 Å². The molecule has 0 saturated carbocycles. The molecule has 0 spiro atoms. The highest BCUT2D eigenvalue weighted by Gasteiger charge is 2.21. The number of H-pyrrole nitrogens is 1. The molecule has 0 fully saturated rings. The molecule has 0 aliphatic carbocycles. The molecule has 0 saturated heterocycles. The van der Waals surface area contributed by atoms with Crippen LogP contribution in [0.4, 0.5) is 11.5 Å². The first-order chi connectivity index (χ1) is 15.9. The number of aromatic nitrogens is 4. The number of hydrogen-bond donors (Lipinski definition) is 3. The van der Waals surface area contributed by atoms with E-state index >= 15 is 0 Å². The lowest BCUT2D eigenvalue weighted by Gasteiger charge is -2.25. The summed E-state index contributed by atoms with van der Waals surface area (Å²) in [4.78, 5) is 34.2. The number of imidazole rings is 1. The number of aliphatic hydroxyl groups is 1. The second-order valence-electron chi connectivity index (χ2n) is 7.62. The number of fused-ring (bicyclic) bond motifs is 1. The molecule has 0 aliphatic rings. The second kappa shape index (κ2) is 9.51. The molecule has 0 bridgehead atoms. The van der Waals surface area contributed by atoms with Crippen molar-refractivity contribution < 1.29 is 5.11 Å². The second-order valence-corrected chi connectivity index (χ2v) is 8.05. The van der Waals surface area contributed by atoms with Gasteiger partial charge in [-0.25, -0.2) is 9.78 Å². The normalized spacial score (nSPS) is 11.2. The minimum atomic E-state index is -0.566. The van der Waals surface area contributed by atoms with Crippen molar-refractivity contribution >= 4 is 34.1 Å². The lowest BCUT2D eigenvalue weighted by atomic mass is 10.2. The predicted octanol–water partition coefficient (Wildman–Crippen LogP) is 2.19. The van der Waals surface area contributed by atoms with Gasteiger partial charge < -0.3 is 20.3 Å². The number of nitrogens with two attached hydrogens (primary N) is 1. The van der Waals surface area contributed by atoms with Crippen LogP contribution in [0.5, 0.6) is 0 Å². The van der Waals surface area contributed by atoms with Gasteiger partial charge in [0.1, 0.15) is 17.3 Å². The minimum absolute atomic E-state index is 0.0816. The first-order valence-corrected chi connectivity index (χ1v) is 11.0. The van der Waals surface area contributed by atoms with Crippen molar-refractivity contribution in [2.24, 2.45) is 0 Å². The lowest BCUT2D eigenvalue weighted by Crippen LogP contribution is -2.38. The van der Waals surface area contributed by atoms with E-state index in [0.29, 0.717) is 23.9 Å². The van der Waals surface area contributed by atoms with Crippen molar-refractivity contribution in [1.82, 2.24) is 19.1 Å². The first kappa shape index (κ1) is 22.6. The summed E-state index contributed by atoms with van der Waals surface area (Å²) in [5, 5.41) is 10.2. The maximum atomic E-state index is 12.8. The van der Waals surface area contributed by atoms with Crippen LogP contribution in [0.1, 0.15) is 18.3 Å². The molecule has 0 amide bonds. The molecular weight excluding hydrogens is 444 g/mol. The number of halogens is 1. The number of rotatable bonds is 8. The molecule has 4 aromatic rings. The van der Waals surface area contributed by atoms with E-state index < -0.39 is 11.2 Å². The van der Waals surface area contributed by atoms with Crippen LogP contribution in [-0.2, 0) is 19.6 Å². The van der Waals surface area contributed by atoms with Crippen molar-refractivity contribution in [2.75, 3.05) is 23.8 Å². The number of nitrogen functional groups attached to an aromatic ring is 1. The zero-order chi connectivity index (χ0) is 23.5. The fourth-order valence-corrected chi connectivity index (χ4v) is 4.11. The van der Waals surface area contributed by atoms with Gasteiger partial charge in [0.25, 0.3) is 5.56 Å². The fraction of sp³-hybridized carbons (Fsp3) is 0.261. The SMILES string of the molecule is CCN(Cc1nc2ccc(Cl)cc2n1CCO)c1c(N)n(Cc2ccccc2)c(=O)[nH]c1=O. The van der Waals surface area contributed by atoms with Gasteiger partial charge in [-0.3, -0.25) is 14.3 Å². The Morgan fingerprint density at radius 3 is 2.61 bits per heavy atom.